The average Bonchev–Trinajstić information content (AvgIpc) is 2.72. The van der Waals surface area contributed by atoms with Crippen LogP contribution in [0.1, 0.15) is 29.7 Å². The van der Waals surface area contributed by atoms with Crippen molar-refractivity contribution in [2.24, 2.45) is 0 Å². The number of hydrogen-bond acceptors (Lipinski definition) is 2. The van der Waals surface area contributed by atoms with Crippen LogP contribution in [-0.2, 0) is 9.59 Å². The Morgan fingerprint density at radius 1 is 0.741 bits per heavy atom. The summed E-state index contributed by atoms with van der Waals surface area (Å²) in [4.78, 5) is 26.7. The van der Waals surface area contributed by atoms with Crippen LogP contribution in [0.25, 0.3) is 6.08 Å². The molecular formula is C24H21NO2. The number of hydrogen-bond donors (Lipinski definition) is 0. The van der Waals surface area contributed by atoms with Crippen LogP contribution >= 0.6 is 0 Å². The number of imide groups is 1. The van der Waals surface area contributed by atoms with Crippen LogP contribution in [0.3, 0.4) is 0 Å². The minimum absolute atomic E-state index is 0.296. The molecular weight excluding hydrogens is 334 g/mol. The molecule has 0 aromatic heterocycles. The summed E-state index contributed by atoms with van der Waals surface area (Å²) in [6, 6.07) is 28.3. The first kappa shape index (κ1) is 18.3. The molecule has 0 N–H and O–H groups in total. The van der Waals surface area contributed by atoms with E-state index in [2.05, 4.69) is 0 Å². The zero-order valence-electron chi connectivity index (χ0n) is 15.2. The SMILES string of the molecule is CC(=O)N(C(=O)/C=C/c1ccccc1)C(c1ccccc1)c1ccccc1. The van der Waals surface area contributed by atoms with Crippen LogP contribution in [-0.4, -0.2) is 16.7 Å². The summed E-state index contributed by atoms with van der Waals surface area (Å²) >= 11 is 0. The standard InChI is InChI=1S/C24H21NO2/c1-19(26)25(23(27)18-17-20-11-5-2-6-12-20)24(21-13-7-3-8-14-21)22-15-9-4-10-16-22/h2-18,24H,1H3/b18-17+. The van der Waals surface area contributed by atoms with Gasteiger partial charge in [-0.1, -0.05) is 91.0 Å². The van der Waals surface area contributed by atoms with E-state index in [0.717, 1.165) is 16.7 Å². The summed E-state index contributed by atoms with van der Waals surface area (Å²) in [7, 11) is 0. The molecule has 3 heteroatoms. The van der Waals surface area contributed by atoms with Gasteiger partial charge < -0.3 is 0 Å². The molecule has 0 saturated carbocycles. The van der Waals surface area contributed by atoms with E-state index in [1.54, 1.807) is 6.08 Å². The number of rotatable bonds is 5. The molecule has 0 heterocycles. The summed E-state index contributed by atoms with van der Waals surface area (Å²) in [6.07, 6.45) is 3.18. The van der Waals surface area contributed by atoms with Gasteiger partial charge in [0.05, 0.1) is 6.04 Å². The summed E-state index contributed by atoms with van der Waals surface area (Å²) in [5, 5.41) is 0. The van der Waals surface area contributed by atoms with Crippen molar-refractivity contribution in [2.45, 2.75) is 13.0 Å². The lowest BCUT2D eigenvalue weighted by atomic mass is 9.96. The Kier molecular flexibility index (Phi) is 5.95. The van der Waals surface area contributed by atoms with E-state index in [1.807, 2.05) is 91.0 Å². The van der Waals surface area contributed by atoms with Crippen molar-refractivity contribution in [3.8, 4) is 0 Å². The predicted octanol–water partition coefficient (Wildman–Crippen LogP) is 4.86. The molecule has 0 atom stereocenters. The second-order valence-electron chi connectivity index (χ2n) is 6.20. The van der Waals surface area contributed by atoms with E-state index >= 15 is 0 Å². The predicted molar refractivity (Wildman–Crippen MR) is 108 cm³/mol. The van der Waals surface area contributed by atoms with Crippen LogP contribution < -0.4 is 0 Å². The maximum Gasteiger partial charge on any atom is 0.254 e. The lowest BCUT2D eigenvalue weighted by molar-refractivity contribution is -0.142. The monoisotopic (exact) mass is 355 g/mol. The quantitative estimate of drug-likeness (QED) is 0.613. The Bertz CT molecular complexity index is 879. The van der Waals surface area contributed by atoms with Crippen LogP contribution in [0.5, 0.6) is 0 Å². The first-order valence-corrected chi connectivity index (χ1v) is 8.83. The Morgan fingerprint density at radius 2 is 1.19 bits per heavy atom. The number of carbonyl (C=O) groups excluding carboxylic acids is 2. The van der Waals surface area contributed by atoms with Crippen LogP contribution in [0.15, 0.2) is 97.1 Å². The zero-order valence-corrected chi connectivity index (χ0v) is 15.2. The topological polar surface area (TPSA) is 37.4 Å². The molecule has 0 saturated heterocycles. The van der Waals surface area contributed by atoms with Crippen molar-refractivity contribution in [3.63, 3.8) is 0 Å². The van der Waals surface area contributed by atoms with Gasteiger partial charge >= 0.3 is 0 Å². The molecule has 0 aliphatic carbocycles. The Labute approximate surface area is 159 Å². The minimum atomic E-state index is -0.474. The molecule has 2 amide bonds. The second kappa shape index (κ2) is 8.77. The zero-order chi connectivity index (χ0) is 19.1. The van der Waals surface area contributed by atoms with Gasteiger partial charge in [0.25, 0.3) is 5.91 Å². The molecule has 3 aromatic rings. The maximum absolute atomic E-state index is 13.0. The van der Waals surface area contributed by atoms with Crippen LogP contribution in [0, 0.1) is 0 Å². The van der Waals surface area contributed by atoms with Gasteiger partial charge in [-0.05, 0) is 22.8 Å². The third-order valence-corrected chi connectivity index (χ3v) is 4.28. The Balaban J connectivity index is 2.00. The van der Waals surface area contributed by atoms with Gasteiger partial charge in [-0.25, -0.2) is 0 Å². The molecule has 0 unspecified atom stereocenters. The van der Waals surface area contributed by atoms with Crippen molar-refractivity contribution >= 4 is 17.9 Å². The normalized spacial score (nSPS) is 10.9. The number of nitrogens with zero attached hydrogens (tertiary/aromatic N) is 1. The van der Waals surface area contributed by atoms with Gasteiger partial charge in [-0.3, -0.25) is 14.5 Å². The van der Waals surface area contributed by atoms with Crippen LogP contribution in [0.2, 0.25) is 0 Å². The van der Waals surface area contributed by atoms with E-state index in [4.69, 9.17) is 0 Å². The van der Waals surface area contributed by atoms with Gasteiger partial charge in [0, 0.05) is 13.0 Å². The van der Waals surface area contributed by atoms with Gasteiger partial charge in [-0.15, -0.1) is 0 Å². The van der Waals surface area contributed by atoms with Crippen LogP contribution in [0.4, 0.5) is 0 Å². The smallest absolute Gasteiger partial charge is 0.254 e. The fourth-order valence-corrected chi connectivity index (χ4v) is 3.04. The number of benzene rings is 3. The van der Waals surface area contributed by atoms with Gasteiger partial charge in [0.2, 0.25) is 5.91 Å². The largest absolute Gasteiger partial charge is 0.275 e. The lowest BCUT2D eigenvalue weighted by Crippen LogP contribution is -2.38. The molecule has 134 valence electrons. The van der Waals surface area contributed by atoms with E-state index in [0.29, 0.717) is 0 Å². The molecule has 0 bridgehead atoms. The molecule has 0 aliphatic heterocycles. The molecule has 3 rings (SSSR count). The fourth-order valence-electron chi connectivity index (χ4n) is 3.04. The third kappa shape index (κ3) is 4.59. The summed E-state index contributed by atoms with van der Waals surface area (Å²) in [5.41, 5.74) is 2.69. The van der Waals surface area contributed by atoms with Crippen molar-refractivity contribution in [1.29, 1.82) is 0 Å². The van der Waals surface area contributed by atoms with E-state index in [9.17, 15) is 9.59 Å². The molecule has 0 spiro atoms. The average molecular weight is 355 g/mol. The molecule has 0 radical (unpaired) electrons. The molecule has 0 fully saturated rings. The Hall–Kier alpha value is -3.46. The lowest BCUT2D eigenvalue weighted by Gasteiger charge is -2.29. The molecule has 27 heavy (non-hydrogen) atoms. The van der Waals surface area contributed by atoms with Gasteiger partial charge in [0.15, 0.2) is 0 Å². The number of carbonyl (C=O) groups is 2. The second-order valence-corrected chi connectivity index (χ2v) is 6.20. The van der Waals surface area contributed by atoms with Crippen molar-refractivity contribution in [1.82, 2.24) is 4.90 Å². The minimum Gasteiger partial charge on any atom is -0.275 e. The van der Waals surface area contributed by atoms with Gasteiger partial charge in [-0.2, -0.15) is 0 Å². The molecule has 3 nitrogen and oxygen atoms in total. The van der Waals surface area contributed by atoms with E-state index < -0.39 is 6.04 Å². The van der Waals surface area contributed by atoms with Crippen molar-refractivity contribution in [2.75, 3.05) is 0 Å². The van der Waals surface area contributed by atoms with E-state index in [-0.39, 0.29) is 11.8 Å². The fraction of sp³-hybridized carbons (Fsp3) is 0.0833. The highest BCUT2D eigenvalue weighted by Crippen LogP contribution is 2.29. The Morgan fingerprint density at radius 3 is 1.63 bits per heavy atom. The molecule has 3 aromatic carbocycles. The summed E-state index contributed by atoms with van der Waals surface area (Å²) < 4.78 is 0. The third-order valence-electron chi connectivity index (χ3n) is 4.28. The molecule has 0 aliphatic rings. The first-order chi connectivity index (χ1) is 13.2. The van der Waals surface area contributed by atoms with Crippen molar-refractivity contribution < 1.29 is 9.59 Å². The van der Waals surface area contributed by atoms with Crippen molar-refractivity contribution in [3.05, 3.63) is 114 Å². The van der Waals surface area contributed by atoms with E-state index in [1.165, 1.54) is 17.9 Å². The summed E-state index contributed by atoms with van der Waals surface area (Å²) in [5.74, 6) is -0.639. The highest BCUT2D eigenvalue weighted by atomic mass is 16.2. The maximum atomic E-state index is 13.0. The first-order valence-electron chi connectivity index (χ1n) is 8.83. The highest BCUT2D eigenvalue weighted by molar-refractivity contribution is 6.03. The van der Waals surface area contributed by atoms with Gasteiger partial charge in [0.1, 0.15) is 0 Å². The summed E-state index contributed by atoms with van der Waals surface area (Å²) in [6.45, 7) is 1.42. The highest BCUT2D eigenvalue weighted by Gasteiger charge is 2.28. The number of amides is 2.